The van der Waals surface area contributed by atoms with Gasteiger partial charge in [0.15, 0.2) is 0 Å². The SMILES string of the molecule is O=C(NC1C[C@@H]1c1cccc(C(F)(F)F)c1)[C@@H]1CN[C@H](C(=O)N2CCCC2)C1. The number of carbonyl (C=O) groups excluding carboxylic acids is 2. The van der Waals surface area contributed by atoms with Gasteiger partial charge in [0.25, 0.3) is 0 Å². The van der Waals surface area contributed by atoms with Gasteiger partial charge < -0.3 is 15.5 Å². The number of nitrogens with zero attached hydrogens (tertiary/aromatic N) is 1. The third-order valence-electron chi connectivity index (χ3n) is 5.98. The van der Waals surface area contributed by atoms with Gasteiger partial charge in [0.05, 0.1) is 17.5 Å². The topological polar surface area (TPSA) is 61.4 Å². The van der Waals surface area contributed by atoms with Gasteiger partial charge in [-0.1, -0.05) is 18.2 Å². The average Bonchev–Trinajstić information content (AvgIpc) is 3.07. The zero-order chi connectivity index (χ0) is 19.9. The van der Waals surface area contributed by atoms with Gasteiger partial charge in [0, 0.05) is 31.6 Å². The van der Waals surface area contributed by atoms with Crippen LogP contribution in [0.5, 0.6) is 0 Å². The number of nitrogens with one attached hydrogen (secondary N) is 2. The van der Waals surface area contributed by atoms with Crippen molar-refractivity contribution in [2.45, 2.75) is 49.9 Å². The van der Waals surface area contributed by atoms with Crippen molar-refractivity contribution >= 4 is 11.8 Å². The van der Waals surface area contributed by atoms with Crippen LogP contribution in [0, 0.1) is 5.92 Å². The summed E-state index contributed by atoms with van der Waals surface area (Å²) in [5.41, 5.74) is -0.0583. The molecule has 28 heavy (non-hydrogen) atoms. The molecule has 4 rings (SSSR count). The fraction of sp³-hybridized carbons (Fsp3) is 0.600. The molecule has 0 radical (unpaired) electrons. The molecule has 1 aromatic rings. The number of carbonyl (C=O) groups is 2. The Morgan fingerprint density at radius 1 is 1.14 bits per heavy atom. The summed E-state index contributed by atoms with van der Waals surface area (Å²) in [7, 11) is 0. The first-order chi connectivity index (χ1) is 13.3. The summed E-state index contributed by atoms with van der Waals surface area (Å²) in [6, 6.07) is 4.86. The maximum absolute atomic E-state index is 12.9. The van der Waals surface area contributed by atoms with Crippen molar-refractivity contribution in [3.8, 4) is 0 Å². The summed E-state index contributed by atoms with van der Waals surface area (Å²) >= 11 is 0. The quantitative estimate of drug-likeness (QED) is 0.822. The molecule has 0 spiro atoms. The summed E-state index contributed by atoms with van der Waals surface area (Å²) in [6.07, 6.45) is -1.19. The first kappa shape index (κ1) is 19.2. The maximum Gasteiger partial charge on any atom is 0.416 e. The van der Waals surface area contributed by atoms with Gasteiger partial charge in [-0.3, -0.25) is 9.59 Å². The van der Waals surface area contributed by atoms with Gasteiger partial charge in [-0.05, 0) is 37.3 Å². The highest BCUT2D eigenvalue weighted by atomic mass is 19.4. The number of halogens is 3. The highest BCUT2D eigenvalue weighted by Crippen LogP contribution is 2.42. The number of alkyl halides is 3. The van der Waals surface area contributed by atoms with Crippen LogP contribution >= 0.6 is 0 Å². The van der Waals surface area contributed by atoms with E-state index in [1.807, 2.05) is 4.90 Å². The Labute approximate surface area is 161 Å². The molecule has 3 aliphatic rings. The van der Waals surface area contributed by atoms with Gasteiger partial charge in [0.2, 0.25) is 11.8 Å². The lowest BCUT2D eigenvalue weighted by atomic mass is 10.0. The minimum atomic E-state index is -4.37. The molecule has 2 heterocycles. The molecule has 152 valence electrons. The molecule has 3 fully saturated rings. The molecule has 2 N–H and O–H groups in total. The van der Waals surface area contributed by atoms with Crippen molar-refractivity contribution in [1.29, 1.82) is 0 Å². The van der Waals surface area contributed by atoms with Crippen molar-refractivity contribution in [2.24, 2.45) is 5.92 Å². The molecule has 2 aliphatic heterocycles. The van der Waals surface area contributed by atoms with Gasteiger partial charge in [-0.2, -0.15) is 13.2 Å². The second kappa shape index (κ2) is 7.39. The Morgan fingerprint density at radius 2 is 1.89 bits per heavy atom. The van der Waals surface area contributed by atoms with Crippen molar-refractivity contribution in [3.63, 3.8) is 0 Å². The third kappa shape index (κ3) is 4.01. The fourth-order valence-corrected chi connectivity index (χ4v) is 4.25. The molecule has 1 saturated carbocycles. The molecule has 0 bridgehead atoms. The Hall–Kier alpha value is -2.09. The van der Waals surface area contributed by atoms with E-state index in [2.05, 4.69) is 10.6 Å². The van der Waals surface area contributed by atoms with E-state index in [-0.39, 0.29) is 35.7 Å². The first-order valence-corrected chi connectivity index (χ1v) is 9.82. The smallest absolute Gasteiger partial charge is 0.352 e. The second-order valence-corrected chi connectivity index (χ2v) is 8.01. The second-order valence-electron chi connectivity index (χ2n) is 8.01. The number of rotatable bonds is 4. The van der Waals surface area contributed by atoms with Gasteiger partial charge >= 0.3 is 6.18 Å². The summed E-state index contributed by atoms with van der Waals surface area (Å²) in [4.78, 5) is 26.8. The number of likely N-dealkylation sites (tertiary alicyclic amines) is 1. The van der Waals surface area contributed by atoms with Crippen LogP contribution < -0.4 is 10.6 Å². The van der Waals surface area contributed by atoms with Crippen molar-refractivity contribution in [2.75, 3.05) is 19.6 Å². The van der Waals surface area contributed by atoms with Crippen LogP contribution in [0.3, 0.4) is 0 Å². The van der Waals surface area contributed by atoms with Crippen LogP contribution in [0.1, 0.15) is 42.7 Å². The molecule has 2 saturated heterocycles. The number of amides is 2. The molecule has 5 nitrogen and oxygen atoms in total. The summed E-state index contributed by atoms with van der Waals surface area (Å²) in [5, 5.41) is 6.09. The summed E-state index contributed by atoms with van der Waals surface area (Å²) in [5.74, 6) is -0.410. The number of benzene rings is 1. The Balaban J connectivity index is 1.29. The van der Waals surface area contributed by atoms with Crippen molar-refractivity contribution in [1.82, 2.24) is 15.5 Å². The standard InChI is InChI=1S/C20H24F3N3O2/c21-20(22,23)14-5-3-4-12(8-14)15-10-16(15)25-18(27)13-9-17(24-11-13)19(28)26-6-1-2-7-26/h3-5,8,13,15-17,24H,1-2,6-7,9-11H2,(H,25,27)/t13-,15+,16?,17-/m0/s1. The van der Waals surface area contributed by atoms with Crippen molar-refractivity contribution in [3.05, 3.63) is 35.4 Å². The fourth-order valence-electron chi connectivity index (χ4n) is 4.25. The minimum absolute atomic E-state index is 0.0704. The highest BCUT2D eigenvalue weighted by Gasteiger charge is 2.43. The minimum Gasteiger partial charge on any atom is -0.352 e. The van der Waals surface area contributed by atoms with Crippen molar-refractivity contribution < 1.29 is 22.8 Å². The Bertz CT molecular complexity index is 761. The van der Waals surface area contributed by atoms with E-state index >= 15 is 0 Å². The maximum atomic E-state index is 12.9. The molecule has 0 aromatic heterocycles. The van der Waals surface area contributed by atoms with Crippen LogP contribution in [0.4, 0.5) is 13.2 Å². The zero-order valence-corrected chi connectivity index (χ0v) is 15.5. The average molecular weight is 395 g/mol. The van der Waals surface area contributed by atoms with Crippen LogP contribution in [0.15, 0.2) is 24.3 Å². The summed E-state index contributed by atoms with van der Waals surface area (Å²) < 4.78 is 38.6. The van der Waals surface area contributed by atoms with E-state index in [1.165, 1.54) is 12.1 Å². The lowest BCUT2D eigenvalue weighted by Crippen LogP contribution is -2.42. The predicted molar refractivity (Wildman–Crippen MR) is 96.4 cm³/mol. The van der Waals surface area contributed by atoms with Gasteiger partial charge in [0.1, 0.15) is 0 Å². The molecule has 1 aliphatic carbocycles. The largest absolute Gasteiger partial charge is 0.416 e. The molecule has 1 aromatic carbocycles. The molecule has 4 atom stereocenters. The van der Waals surface area contributed by atoms with Crippen LogP contribution in [0.25, 0.3) is 0 Å². The van der Waals surface area contributed by atoms with E-state index in [4.69, 9.17) is 0 Å². The predicted octanol–water partition coefficient (Wildman–Crippen LogP) is 2.28. The number of hydrogen-bond donors (Lipinski definition) is 2. The Kier molecular flexibility index (Phi) is 5.07. The Morgan fingerprint density at radius 3 is 2.61 bits per heavy atom. The lowest BCUT2D eigenvalue weighted by Gasteiger charge is -2.19. The van der Waals surface area contributed by atoms with E-state index in [0.29, 0.717) is 24.9 Å². The van der Waals surface area contributed by atoms with E-state index in [9.17, 15) is 22.8 Å². The lowest BCUT2D eigenvalue weighted by molar-refractivity contribution is -0.137. The molecular formula is C20H24F3N3O2. The third-order valence-corrected chi connectivity index (χ3v) is 5.98. The van der Waals surface area contributed by atoms with Gasteiger partial charge in [-0.25, -0.2) is 0 Å². The van der Waals surface area contributed by atoms with Crippen LogP contribution in [0.2, 0.25) is 0 Å². The van der Waals surface area contributed by atoms with E-state index in [1.54, 1.807) is 6.07 Å². The zero-order valence-electron chi connectivity index (χ0n) is 15.5. The van der Waals surface area contributed by atoms with Crippen LogP contribution in [-0.2, 0) is 15.8 Å². The summed E-state index contributed by atoms with van der Waals surface area (Å²) in [6.45, 7) is 2.03. The first-order valence-electron chi connectivity index (χ1n) is 9.82. The molecule has 2 amide bonds. The molecule has 8 heteroatoms. The monoisotopic (exact) mass is 395 g/mol. The van der Waals surface area contributed by atoms with Crippen LogP contribution in [-0.4, -0.2) is 48.4 Å². The molecular weight excluding hydrogens is 371 g/mol. The normalized spacial score (nSPS) is 29.8. The van der Waals surface area contributed by atoms with Gasteiger partial charge in [-0.15, -0.1) is 0 Å². The highest BCUT2D eigenvalue weighted by molar-refractivity contribution is 5.86. The van der Waals surface area contributed by atoms with E-state index < -0.39 is 11.7 Å². The van der Waals surface area contributed by atoms with E-state index in [0.717, 1.165) is 32.0 Å². The molecule has 1 unspecified atom stereocenters. The number of hydrogen-bond acceptors (Lipinski definition) is 3.